The van der Waals surface area contributed by atoms with Crippen molar-refractivity contribution in [1.29, 1.82) is 0 Å². The second kappa shape index (κ2) is 9.89. The van der Waals surface area contributed by atoms with Gasteiger partial charge in [0.05, 0.1) is 25.9 Å². The summed E-state index contributed by atoms with van der Waals surface area (Å²) >= 11 is 0. The number of nitrogens with zero attached hydrogens (tertiary/aromatic N) is 4. The highest BCUT2D eigenvalue weighted by Gasteiger charge is 2.64. The van der Waals surface area contributed by atoms with Gasteiger partial charge in [-0.25, -0.2) is 23.1 Å². The second-order valence-electron chi connectivity index (χ2n) is 9.37. The van der Waals surface area contributed by atoms with E-state index >= 15 is 0 Å². The molecule has 3 aliphatic heterocycles. The standard InChI is InChI=1S/C23H24F2N5O9P/c1-3-33-19-16-18(28-21(26)29-19)27-10-30(16)20-23(2)17(37-22(31)38-23)15(36-20)9-35-40(32)34-7-6-14(39-40)12-8-11(24)4-5-13(12)25/h4-5,8,10,14-15,17,20H,3,6-7,9H2,1-2H3,(H2,26,28,29)/t14-,15-,17-,20-,23-,40+/m1/s1. The molecule has 0 saturated carbocycles. The first kappa shape index (κ1) is 26.8. The van der Waals surface area contributed by atoms with E-state index in [1.54, 1.807) is 13.8 Å². The molecule has 0 aliphatic carbocycles. The van der Waals surface area contributed by atoms with Crippen LogP contribution in [-0.4, -0.2) is 63.3 Å². The fraction of sp³-hybridized carbons (Fsp3) is 0.478. The number of aromatic nitrogens is 4. The van der Waals surface area contributed by atoms with E-state index in [-0.39, 0.29) is 42.7 Å². The smallest absolute Gasteiger partial charge is 0.476 e. The molecule has 3 aliphatic rings. The van der Waals surface area contributed by atoms with Crippen molar-refractivity contribution < 1.29 is 50.7 Å². The van der Waals surface area contributed by atoms with Crippen molar-refractivity contribution in [3.8, 4) is 5.88 Å². The Morgan fingerprint density at radius 2 is 2.12 bits per heavy atom. The van der Waals surface area contributed by atoms with Crippen LogP contribution in [0.1, 0.15) is 38.2 Å². The lowest BCUT2D eigenvalue weighted by Crippen LogP contribution is -2.42. The maximum Gasteiger partial charge on any atom is 0.509 e. The van der Waals surface area contributed by atoms with Crippen molar-refractivity contribution in [3.05, 3.63) is 41.7 Å². The highest BCUT2D eigenvalue weighted by Crippen LogP contribution is 2.58. The number of rotatable bonds is 7. The minimum Gasteiger partial charge on any atom is -0.476 e. The summed E-state index contributed by atoms with van der Waals surface area (Å²) in [6, 6.07) is 2.88. The average Bonchev–Trinajstić information content (AvgIpc) is 3.53. The minimum atomic E-state index is -4.26. The molecule has 40 heavy (non-hydrogen) atoms. The van der Waals surface area contributed by atoms with Crippen molar-refractivity contribution in [2.45, 2.75) is 50.4 Å². The number of phosphoric ester groups is 1. The summed E-state index contributed by atoms with van der Waals surface area (Å²) in [7, 11) is -4.26. The predicted molar refractivity (Wildman–Crippen MR) is 129 cm³/mol. The molecule has 6 rings (SSSR count). The number of nitrogens with two attached hydrogens (primary N) is 1. The molecular weight excluding hydrogens is 559 g/mol. The Bertz CT molecular complexity index is 1530. The average molecular weight is 583 g/mol. The lowest BCUT2D eigenvalue weighted by Gasteiger charge is -2.30. The van der Waals surface area contributed by atoms with Crippen molar-refractivity contribution in [2.24, 2.45) is 0 Å². The largest absolute Gasteiger partial charge is 0.509 e. The number of hydrogen-bond donors (Lipinski definition) is 1. The van der Waals surface area contributed by atoms with Crippen LogP contribution < -0.4 is 10.5 Å². The second-order valence-corrected chi connectivity index (χ2v) is 11.0. The zero-order valence-electron chi connectivity index (χ0n) is 21.2. The van der Waals surface area contributed by atoms with Crippen LogP contribution in [0, 0.1) is 11.6 Å². The van der Waals surface area contributed by atoms with Gasteiger partial charge in [0, 0.05) is 12.0 Å². The molecule has 0 amide bonds. The van der Waals surface area contributed by atoms with Crippen LogP contribution in [-0.2, 0) is 32.3 Å². The zero-order chi connectivity index (χ0) is 28.2. The zero-order valence-corrected chi connectivity index (χ0v) is 22.1. The molecule has 0 radical (unpaired) electrons. The van der Waals surface area contributed by atoms with Crippen molar-refractivity contribution >= 4 is 31.1 Å². The summed E-state index contributed by atoms with van der Waals surface area (Å²) in [5.41, 5.74) is 4.82. The quantitative estimate of drug-likeness (QED) is 0.317. The summed E-state index contributed by atoms with van der Waals surface area (Å²) in [5, 5.41) is 0. The van der Waals surface area contributed by atoms with Gasteiger partial charge in [-0.2, -0.15) is 9.97 Å². The molecule has 0 bridgehead atoms. The first-order valence-corrected chi connectivity index (χ1v) is 13.8. The monoisotopic (exact) mass is 583 g/mol. The van der Waals surface area contributed by atoms with E-state index in [0.717, 1.165) is 18.2 Å². The Labute approximate surface area is 225 Å². The van der Waals surface area contributed by atoms with Gasteiger partial charge in [-0.1, -0.05) is 0 Å². The number of hydrogen-bond acceptors (Lipinski definition) is 13. The summed E-state index contributed by atoms with van der Waals surface area (Å²) in [4.78, 5) is 24.7. The molecule has 3 fully saturated rings. The first-order chi connectivity index (χ1) is 19.1. The van der Waals surface area contributed by atoms with E-state index in [1.165, 1.54) is 10.9 Å². The Kier molecular flexibility index (Phi) is 6.62. The van der Waals surface area contributed by atoms with Gasteiger partial charge in [0.1, 0.15) is 24.1 Å². The SMILES string of the molecule is CCOc1nc(N)nc2ncn([C@@H]3O[C@H](CO[P@]4(=O)OCC[C@H](c5cc(F)ccc5F)O4)[C@H]4OC(=O)O[C@]43C)c12. The van der Waals surface area contributed by atoms with Gasteiger partial charge in [0.25, 0.3) is 0 Å². The van der Waals surface area contributed by atoms with Gasteiger partial charge in [0.2, 0.25) is 11.8 Å². The van der Waals surface area contributed by atoms with E-state index < -0.39 is 62.4 Å². The molecule has 1 aromatic carbocycles. The Morgan fingerprint density at radius 1 is 1.30 bits per heavy atom. The third kappa shape index (κ3) is 4.55. The van der Waals surface area contributed by atoms with E-state index in [4.69, 9.17) is 38.3 Å². The highest BCUT2D eigenvalue weighted by molar-refractivity contribution is 7.48. The van der Waals surface area contributed by atoms with Crippen LogP contribution in [0.4, 0.5) is 19.5 Å². The number of phosphoric acid groups is 1. The van der Waals surface area contributed by atoms with Gasteiger partial charge >= 0.3 is 14.0 Å². The molecule has 3 aromatic rings. The summed E-state index contributed by atoms with van der Waals surface area (Å²) in [6.45, 7) is 3.09. The number of fused-ring (bicyclic) bond motifs is 2. The van der Waals surface area contributed by atoms with Gasteiger partial charge in [-0.15, -0.1) is 0 Å². The maximum atomic E-state index is 14.3. The third-order valence-electron chi connectivity index (χ3n) is 6.76. The topological polar surface area (TPSA) is 168 Å². The maximum absolute atomic E-state index is 14.3. The minimum absolute atomic E-state index is 0.0480. The number of nitrogen functional groups attached to an aromatic ring is 1. The lowest BCUT2D eigenvalue weighted by atomic mass is 9.96. The van der Waals surface area contributed by atoms with Gasteiger partial charge in [0.15, 0.2) is 29.1 Å². The lowest BCUT2D eigenvalue weighted by molar-refractivity contribution is -0.0925. The predicted octanol–water partition coefficient (Wildman–Crippen LogP) is 3.58. The summed E-state index contributed by atoms with van der Waals surface area (Å²) in [6.07, 6.45) is -3.57. The van der Waals surface area contributed by atoms with Crippen LogP contribution in [0.15, 0.2) is 24.5 Å². The van der Waals surface area contributed by atoms with E-state index in [1.807, 2.05) is 0 Å². The fourth-order valence-electron chi connectivity index (χ4n) is 5.02. The van der Waals surface area contributed by atoms with E-state index in [9.17, 15) is 18.1 Å². The molecule has 3 saturated heterocycles. The summed E-state index contributed by atoms with van der Waals surface area (Å²) in [5.74, 6) is -1.31. The Balaban J connectivity index is 1.25. The Morgan fingerprint density at radius 3 is 2.92 bits per heavy atom. The molecular formula is C23H24F2N5O9P. The van der Waals surface area contributed by atoms with Gasteiger partial charge in [-0.05, 0) is 32.0 Å². The van der Waals surface area contributed by atoms with Crippen LogP contribution in [0.5, 0.6) is 5.88 Å². The molecule has 5 heterocycles. The summed E-state index contributed by atoms with van der Waals surface area (Å²) < 4.78 is 81.8. The number of anilines is 1. The van der Waals surface area contributed by atoms with Crippen LogP contribution in [0.25, 0.3) is 11.2 Å². The van der Waals surface area contributed by atoms with Crippen molar-refractivity contribution in [2.75, 3.05) is 25.6 Å². The molecule has 17 heteroatoms. The number of ether oxygens (including phenoxy) is 4. The molecule has 2 N–H and O–H groups in total. The van der Waals surface area contributed by atoms with Crippen LogP contribution in [0.3, 0.4) is 0 Å². The number of imidazole rings is 1. The molecule has 0 spiro atoms. The molecule has 0 unspecified atom stereocenters. The van der Waals surface area contributed by atoms with E-state index in [0.29, 0.717) is 5.52 Å². The number of halogens is 2. The molecule has 2 aromatic heterocycles. The Hall–Kier alpha value is -3.43. The number of carbonyl (C=O) groups excluding carboxylic acids is 1. The third-order valence-corrected chi connectivity index (χ3v) is 8.23. The number of carbonyl (C=O) groups is 1. The normalized spacial score (nSPS) is 31.6. The fourth-order valence-corrected chi connectivity index (χ4v) is 6.41. The van der Waals surface area contributed by atoms with Gasteiger partial charge < -0.3 is 24.7 Å². The van der Waals surface area contributed by atoms with Crippen molar-refractivity contribution in [1.82, 2.24) is 19.5 Å². The highest BCUT2D eigenvalue weighted by atomic mass is 31.2. The van der Waals surface area contributed by atoms with Crippen LogP contribution in [0.2, 0.25) is 0 Å². The number of benzene rings is 1. The van der Waals surface area contributed by atoms with Crippen LogP contribution >= 0.6 is 7.82 Å². The molecule has 6 atom stereocenters. The van der Waals surface area contributed by atoms with Crippen molar-refractivity contribution in [3.63, 3.8) is 0 Å². The molecule has 214 valence electrons. The first-order valence-electron chi connectivity index (χ1n) is 12.3. The molecule has 14 nitrogen and oxygen atoms in total. The van der Waals surface area contributed by atoms with Gasteiger partial charge in [-0.3, -0.25) is 18.1 Å². The van der Waals surface area contributed by atoms with E-state index in [2.05, 4.69) is 15.0 Å².